The van der Waals surface area contributed by atoms with E-state index in [9.17, 15) is 19.2 Å². The fourth-order valence-corrected chi connectivity index (χ4v) is 3.91. The summed E-state index contributed by atoms with van der Waals surface area (Å²) in [6.07, 6.45) is 2.49. The molecule has 3 amide bonds. The molecule has 1 heterocycles. The average Bonchev–Trinajstić information content (AvgIpc) is 3.06. The van der Waals surface area contributed by atoms with Gasteiger partial charge in [0.15, 0.2) is 0 Å². The number of carbonyl (C=O) groups excluding carboxylic acids is 4. The number of amides is 3. The fraction of sp³-hybridized carbons (Fsp3) is 0.217. The molecule has 1 saturated heterocycles. The second-order valence-electron chi connectivity index (χ2n) is 6.92. The highest BCUT2D eigenvalue weighted by Gasteiger charge is 2.36. The minimum absolute atomic E-state index is 0.0807. The van der Waals surface area contributed by atoms with Gasteiger partial charge in [-0.15, -0.1) is 0 Å². The van der Waals surface area contributed by atoms with Crippen LogP contribution in [0.3, 0.4) is 0 Å². The smallest absolute Gasteiger partial charge is 0.339 e. The van der Waals surface area contributed by atoms with Gasteiger partial charge in [-0.1, -0.05) is 30.7 Å². The molecule has 172 valence electrons. The normalized spacial score (nSPS) is 14.5. The molecule has 8 nitrogen and oxygen atoms in total. The molecule has 0 saturated carbocycles. The first-order chi connectivity index (χ1) is 15.8. The lowest BCUT2D eigenvalue weighted by Gasteiger charge is -2.13. The quantitative estimate of drug-likeness (QED) is 0.428. The van der Waals surface area contributed by atoms with E-state index >= 15 is 0 Å². The first-order valence-electron chi connectivity index (χ1n) is 9.98. The third-order valence-electron chi connectivity index (χ3n) is 4.48. The van der Waals surface area contributed by atoms with Crippen LogP contribution in [0.5, 0.6) is 5.75 Å². The highest BCUT2D eigenvalue weighted by molar-refractivity contribution is 8.18. The van der Waals surface area contributed by atoms with Crippen LogP contribution in [0, 0.1) is 0 Å². The second-order valence-corrected chi connectivity index (χ2v) is 8.32. The van der Waals surface area contributed by atoms with Crippen molar-refractivity contribution in [1.29, 1.82) is 0 Å². The lowest BCUT2D eigenvalue weighted by Crippen LogP contribution is -2.36. The number of imide groups is 1. The van der Waals surface area contributed by atoms with Crippen molar-refractivity contribution < 1.29 is 28.7 Å². The van der Waals surface area contributed by atoms with Gasteiger partial charge in [0.2, 0.25) is 5.91 Å². The van der Waals surface area contributed by atoms with Crippen molar-refractivity contribution in [3.05, 3.63) is 63.5 Å². The van der Waals surface area contributed by atoms with Gasteiger partial charge in [0.1, 0.15) is 12.3 Å². The van der Waals surface area contributed by atoms with Gasteiger partial charge in [-0.3, -0.25) is 19.3 Å². The predicted molar refractivity (Wildman–Crippen MR) is 126 cm³/mol. The Morgan fingerprint density at radius 2 is 1.88 bits per heavy atom. The Balaban J connectivity index is 1.65. The molecule has 0 aliphatic carbocycles. The number of halogens is 1. The summed E-state index contributed by atoms with van der Waals surface area (Å²) in [6, 6.07) is 11.4. The van der Waals surface area contributed by atoms with Gasteiger partial charge in [0, 0.05) is 5.69 Å². The molecular weight excluding hydrogens is 468 g/mol. The van der Waals surface area contributed by atoms with E-state index in [0.717, 1.165) is 34.4 Å². The number of rotatable bonds is 8. The summed E-state index contributed by atoms with van der Waals surface area (Å²) in [7, 11) is 1.21. The number of benzene rings is 2. The van der Waals surface area contributed by atoms with Gasteiger partial charge in [-0.2, -0.15) is 0 Å². The van der Waals surface area contributed by atoms with Crippen LogP contribution in [0.2, 0.25) is 5.02 Å². The molecule has 1 aliphatic rings. The maximum absolute atomic E-state index is 12.7. The van der Waals surface area contributed by atoms with Crippen LogP contribution in [0.4, 0.5) is 10.5 Å². The van der Waals surface area contributed by atoms with Crippen LogP contribution >= 0.6 is 23.4 Å². The second kappa shape index (κ2) is 11.0. The molecule has 1 fully saturated rings. The number of ether oxygens (including phenoxy) is 2. The van der Waals surface area contributed by atoms with E-state index in [0.29, 0.717) is 6.61 Å². The third-order valence-corrected chi connectivity index (χ3v) is 5.72. The summed E-state index contributed by atoms with van der Waals surface area (Å²) in [5, 5.41) is 2.17. The first-order valence-corrected chi connectivity index (χ1v) is 11.2. The lowest BCUT2D eigenvalue weighted by molar-refractivity contribution is -0.127. The standard InChI is InChI=1S/C23H21ClN2O6S/c1-3-10-32-16-7-4-14(5-8-16)11-19-21(28)26(23(30)33-19)13-20(27)25-15-6-9-18(24)17(12-15)22(29)31-2/h4-9,11-12H,3,10,13H2,1-2H3,(H,25,27)/b19-11-. The van der Waals surface area contributed by atoms with E-state index in [1.165, 1.54) is 25.3 Å². The summed E-state index contributed by atoms with van der Waals surface area (Å²) in [4.78, 5) is 50.3. The van der Waals surface area contributed by atoms with Gasteiger partial charge < -0.3 is 14.8 Å². The molecule has 0 atom stereocenters. The van der Waals surface area contributed by atoms with Crippen LogP contribution in [-0.2, 0) is 14.3 Å². The number of carbonyl (C=O) groups is 4. The average molecular weight is 489 g/mol. The predicted octanol–water partition coefficient (Wildman–Crippen LogP) is 4.59. The number of methoxy groups -OCH3 is 1. The number of hydrogen-bond acceptors (Lipinski definition) is 7. The lowest BCUT2D eigenvalue weighted by atomic mass is 10.2. The van der Waals surface area contributed by atoms with Gasteiger partial charge in [-0.25, -0.2) is 4.79 Å². The Morgan fingerprint density at radius 1 is 1.15 bits per heavy atom. The molecule has 0 unspecified atom stereocenters. The Bertz CT molecular complexity index is 1120. The number of thioether (sulfide) groups is 1. The zero-order valence-corrected chi connectivity index (χ0v) is 19.5. The largest absolute Gasteiger partial charge is 0.494 e. The maximum atomic E-state index is 12.7. The highest BCUT2D eigenvalue weighted by Crippen LogP contribution is 2.32. The number of hydrogen-bond donors (Lipinski definition) is 1. The Labute approximate surface area is 199 Å². The van der Waals surface area contributed by atoms with Crippen LogP contribution in [0.15, 0.2) is 47.4 Å². The van der Waals surface area contributed by atoms with Gasteiger partial charge >= 0.3 is 5.97 Å². The van der Waals surface area contributed by atoms with Gasteiger partial charge in [0.25, 0.3) is 11.1 Å². The molecular formula is C23H21ClN2O6S. The summed E-state index contributed by atoms with van der Waals surface area (Å²) in [5.41, 5.74) is 1.08. The SMILES string of the molecule is CCCOc1ccc(/C=C2\SC(=O)N(CC(=O)Nc3ccc(Cl)c(C(=O)OC)c3)C2=O)cc1. The van der Waals surface area contributed by atoms with E-state index in [-0.39, 0.29) is 21.2 Å². The number of nitrogens with zero attached hydrogens (tertiary/aromatic N) is 1. The van der Waals surface area contributed by atoms with Crippen molar-refractivity contribution >= 4 is 58.1 Å². The zero-order chi connectivity index (χ0) is 24.0. The molecule has 0 bridgehead atoms. The molecule has 33 heavy (non-hydrogen) atoms. The van der Waals surface area contributed by atoms with Crippen molar-refractivity contribution in [2.24, 2.45) is 0 Å². The van der Waals surface area contributed by atoms with E-state index in [4.69, 9.17) is 16.3 Å². The van der Waals surface area contributed by atoms with Crippen molar-refractivity contribution in [3.8, 4) is 5.75 Å². The van der Waals surface area contributed by atoms with E-state index in [2.05, 4.69) is 10.1 Å². The molecule has 10 heteroatoms. The topological polar surface area (TPSA) is 102 Å². The van der Waals surface area contributed by atoms with E-state index in [1.54, 1.807) is 30.3 Å². The molecule has 0 aromatic heterocycles. The maximum Gasteiger partial charge on any atom is 0.339 e. The monoisotopic (exact) mass is 488 g/mol. The van der Waals surface area contributed by atoms with E-state index < -0.39 is 29.6 Å². The molecule has 0 spiro atoms. The molecule has 2 aromatic rings. The third kappa shape index (κ3) is 6.15. The molecule has 0 radical (unpaired) electrons. The number of esters is 1. The van der Waals surface area contributed by atoms with Crippen molar-refractivity contribution in [1.82, 2.24) is 4.90 Å². The van der Waals surface area contributed by atoms with Crippen LogP contribution < -0.4 is 10.1 Å². The molecule has 1 aliphatic heterocycles. The zero-order valence-electron chi connectivity index (χ0n) is 17.9. The fourth-order valence-electron chi connectivity index (χ4n) is 2.88. The van der Waals surface area contributed by atoms with Crippen LogP contribution in [0.1, 0.15) is 29.3 Å². The van der Waals surface area contributed by atoms with E-state index in [1.807, 2.05) is 6.92 Å². The summed E-state index contributed by atoms with van der Waals surface area (Å²) in [6.45, 7) is 2.15. The Hall–Kier alpha value is -3.30. The minimum atomic E-state index is -0.655. The molecule has 2 aromatic carbocycles. The Morgan fingerprint density at radius 3 is 2.55 bits per heavy atom. The van der Waals surface area contributed by atoms with Crippen molar-refractivity contribution in [3.63, 3.8) is 0 Å². The van der Waals surface area contributed by atoms with Crippen molar-refractivity contribution in [2.75, 3.05) is 25.6 Å². The van der Waals surface area contributed by atoms with Crippen molar-refractivity contribution in [2.45, 2.75) is 13.3 Å². The summed E-state index contributed by atoms with van der Waals surface area (Å²) < 4.78 is 10.2. The number of anilines is 1. The van der Waals surface area contributed by atoms with Gasteiger partial charge in [0.05, 0.1) is 29.2 Å². The van der Waals surface area contributed by atoms with Crippen LogP contribution in [-0.4, -0.2) is 48.2 Å². The van der Waals surface area contributed by atoms with Gasteiger partial charge in [-0.05, 0) is 60.2 Å². The first kappa shape index (κ1) is 24.3. The summed E-state index contributed by atoms with van der Waals surface area (Å²) >= 11 is 6.73. The molecule has 1 N–H and O–H groups in total. The minimum Gasteiger partial charge on any atom is -0.494 e. The van der Waals surface area contributed by atoms with Crippen LogP contribution in [0.25, 0.3) is 6.08 Å². The number of nitrogens with one attached hydrogen (secondary N) is 1. The Kier molecular flexibility index (Phi) is 8.13. The highest BCUT2D eigenvalue weighted by atomic mass is 35.5. The summed E-state index contributed by atoms with van der Waals surface area (Å²) in [5.74, 6) is -1.10. The molecule has 3 rings (SSSR count).